The second-order valence-electron chi connectivity index (χ2n) is 7.64. The number of rotatable bonds is 5. The summed E-state index contributed by atoms with van der Waals surface area (Å²) < 4.78 is 0. The molecule has 0 radical (unpaired) electrons. The molecule has 34 heavy (non-hydrogen) atoms. The Labute approximate surface area is 204 Å². The fourth-order valence-electron chi connectivity index (χ4n) is 3.40. The fourth-order valence-corrected chi connectivity index (χ4v) is 4.49. The lowest BCUT2D eigenvalue weighted by Gasteiger charge is -2.17. The Bertz CT molecular complexity index is 1290. The summed E-state index contributed by atoms with van der Waals surface area (Å²) >= 11 is 7.63. The van der Waals surface area contributed by atoms with Crippen LogP contribution in [0.3, 0.4) is 0 Å². The Balaban J connectivity index is 1.58. The summed E-state index contributed by atoms with van der Waals surface area (Å²) in [5, 5.41) is 13.9. The molecule has 176 valence electrons. The van der Waals surface area contributed by atoms with Crippen molar-refractivity contribution in [1.82, 2.24) is 20.2 Å². The highest BCUT2D eigenvalue weighted by Gasteiger charge is 2.21. The van der Waals surface area contributed by atoms with E-state index in [-0.39, 0.29) is 35.2 Å². The van der Waals surface area contributed by atoms with Gasteiger partial charge in [0.2, 0.25) is 17.8 Å². The maximum atomic E-state index is 12.2. The quantitative estimate of drug-likeness (QED) is 0.421. The first-order valence-corrected chi connectivity index (χ1v) is 11.6. The van der Waals surface area contributed by atoms with Crippen LogP contribution in [0, 0.1) is 6.92 Å². The van der Waals surface area contributed by atoms with Crippen molar-refractivity contribution in [2.75, 3.05) is 29.5 Å². The van der Waals surface area contributed by atoms with Crippen LogP contribution in [-0.4, -0.2) is 46.2 Å². The third kappa shape index (κ3) is 4.95. The first kappa shape index (κ1) is 23.5. The van der Waals surface area contributed by atoms with Crippen LogP contribution in [0.15, 0.2) is 29.8 Å². The largest absolute Gasteiger partial charge is 0.354 e. The van der Waals surface area contributed by atoms with E-state index in [1.165, 1.54) is 29.4 Å². The van der Waals surface area contributed by atoms with E-state index in [4.69, 9.17) is 11.6 Å². The van der Waals surface area contributed by atoms with Gasteiger partial charge in [-0.3, -0.25) is 14.4 Å². The van der Waals surface area contributed by atoms with Crippen LogP contribution in [0.5, 0.6) is 0 Å². The van der Waals surface area contributed by atoms with Crippen LogP contribution < -0.4 is 21.3 Å². The van der Waals surface area contributed by atoms with Crippen molar-refractivity contribution in [2.24, 2.45) is 0 Å². The van der Waals surface area contributed by atoms with E-state index in [2.05, 4.69) is 31.2 Å². The summed E-state index contributed by atoms with van der Waals surface area (Å²) in [6.07, 6.45) is 1.45. The van der Waals surface area contributed by atoms with Gasteiger partial charge < -0.3 is 26.2 Å². The van der Waals surface area contributed by atoms with Crippen LogP contribution in [0.4, 0.5) is 28.8 Å². The van der Waals surface area contributed by atoms with Gasteiger partial charge in [-0.15, -0.1) is 11.3 Å². The number of hydrogen-bond acceptors (Lipinski definition) is 8. The van der Waals surface area contributed by atoms with Gasteiger partial charge in [-0.25, -0.2) is 4.98 Å². The van der Waals surface area contributed by atoms with Crippen LogP contribution in [0.1, 0.15) is 27.7 Å². The van der Waals surface area contributed by atoms with Gasteiger partial charge in [-0.05, 0) is 35.6 Å². The van der Waals surface area contributed by atoms with Gasteiger partial charge in [0.05, 0.1) is 11.9 Å². The minimum Gasteiger partial charge on any atom is -0.354 e. The van der Waals surface area contributed by atoms with Gasteiger partial charge in [-0.1, -0.05) is 17.7 Å². The van der Waals surface area contributed by atoms with E-state index in [1.54, 1.807) is 13.1 Å². The summed E-state index contributed by atoms with van der Waals surface area (Å²) in [7, 11) is 1.57. The topological polar surface area (TPSA) is 128 Å². The number of amides is 3. The number of anilines is 5. The molecule has 10 nitrogen and oxygen atoms in total. The number of nitrogens with zero attached hydrogens (tertiary/aromatic N) is 3. The third-order valence-corrected chi connectivity index (χ3v) is 6.55. The van der Waals surface area contributed by atoms with Gasteiger partial charge in [0.25, 0.3) is 5.91 Å². The van der Waals surface area contributed by atoms with E-state index in [9.17, 15) is 14.4 Å². The predicted molar refractivity (Wildman–Crippen MR) is 132 cm³/mol. The molecule has 3 heterocycles. The molecule has 3 amide bonds. The van der Waals surface area contributed by atoms with E-state index in [0.717, 1.165) is 11.1 Å². The Morgan fingerprint density at radius 1 is 1.24 bits per heavy atom. The monoisotopic (exact) mass is 499 g/mol. The highest BCUT2D eigenvalue weighted by atomic mass is 35.5. The highest BCUT2D eigenvalue weighted by molar-refractivity contribution is 7.12. The molecule has 0 unspecified atom stereocenters. The van der Waals surface area contributed by atoms with Crippen molar-refractivity contribution in [3.63, 3.8) is 0 Å². The van der Waals surface area contributed by atoms with Crippen molar-refractivity contribution in [3.8, 4) is 0 Å². The Kier molecular flexibility index (Phi) is 6.66. The van der Waals surface area contributed by atoms with Crippen molar-refractivity contribution >= 4 is 69.5 Å². The van der Waals surface area contributed by atoms with Gasteiger partial charge in [-0.2, -0.15) is 4.98 Å². The highest BCUT2D eigenvalue weighted by Crippen LogP contribution is 2.33. The van der Waals surface area contributed by atoms with Crippen molar-refractivity contribution < 1.29 is 14.4 Å². The van der Waals surface area contributed by atoms with E-state index < -0.39 is 0 Å². The number of carbonyl (C=O) groups is 3. The minimum atomic E-state index is -0.265. The zero-order valence-corrected chi connectivity index (χ0v) is 20.2. The van der Waals surface area contributed by atoms with Crippen LogP contribution in [0.25, 0.3) is 0 Å². The summed E-state index contributed by atoms with van der Waals surface area (Å²) in [5.41, 5.74) is 3.57. The molecule has 1 aliphatic rings. The number of hydrogen-bond donors (Lipinski definition) is 4. The fraction of sp³-hybridized carbons (Fsp3) is 0.227. The first-order chi connectivity index (χ1) is 16.2. The molecule has 0 bridgehead atoms. The molecule has 4 N–H and O–H groups in total. The molecular formula is C22H22ClN7O3S. The van der Waals surface area contributed by atoms with Crippen molar-refractivity contribution in [3.05, 3.63) is 50.8 Å². The molecule has 12 heteroatoms. The molecule has 0 saturated carbocycles. The molecule has 0 atom stereocenters. The number of thiophene rings is 1. The summed E-state index contributed by atoms with van der Waals surface area (Å²) in [6.45, 7) is 3.66. The number of benzene rings is 1. The number of aryl methyl sites for hydroxylation is 1. The third-order valence-electron chi connectivity index (χ3n) is 5.18. The normalized spacial score (nSPS) is 12.9. The zero-order valence-electron chi connectivity index (χ0n) is 18.7. The summed E-state index contributed by atoms with van der Waals surface area (Å²) in [4.78, 5) is 46.8. The summed E-state index contributed by atoms with van der Waals surface area (Å²) in [5.74, 6) is -0.0318. The molecule has 4 rings (SSSR count). The molecule has 0 spiro atoms. The smallest absolute Gasteiger partial charge is 0.263 e. The lowest BCUT2D eigenvalue weighted by molar-refractivity contribution is -0.133. The predicted octanol–water partition coefficient (Wildman–Crippen LogP) is 3.65. The number of fused-ring (bicyclic) bond motifs is 1. The lowest BCUT2D eigenvalue weighted by atomic mass is 10.1. The molecule has 0 aliphatic carbocycles. The summed E-state index contributed by atoms with van der Waals surface area (Å²) in [6, 6.07) is 5.40. The Morgan fingerprint density at radius 2 is 2.03 bits per heavy atom. The molecule has 0 saturated heterocycles. The van der Waals surface area contributed by atoms with E-state index >= 15 is 0 Å². The maximum Gasteiger partial charge on any atom is 0.263 e. The number of aromatic nitrogens is 2. The molecule has 0 fully saturated rings. The second kappa shape index (κ2) is 9.65. The van der Waals surface area contributed by atoms with Crippen molar-refractivity contribution in [2.45, 2.75) is 20.4 Å². The van der Waals surface area contributed by atoms with E-state index in [1.807, 2.05) is 24.4 Å². The van der Waals surface area contributed by atoms with Crippen LogP contribution in [-0.2, 0) is 16.1 Å². The van der Waals surface area contributed by atoms with Gasteiger partial charge in [0.1, 0.15) is 16.4 Å². The molecule has 3 aromatic rings. The van der Waals surface area contributed by atoms with Crippen LogP contribution >= 0.6 is 22.9 Å². The standard InChI is InChI=1S/C22H22ClN7O3S/c1-11-10-34-19(21(33)24-3)18(11)28-20-15(23)7-25-22(29-20)26-14-5-4-13-8-30(12(2)31)9-17(32)27-16(13)6-14/h4-7,10H,8-9H2,1-3H3,(H,24,33)(H,27,32)(H2,25,26,28,29). The average molecular weight is 500 g/mol. The average Bonchev–Trinajstić information content (AvgIpc) is 3.06. The van der Waals surface area contributed by atoms with Crippen molar-refractivity contribution in [1.29, 1.82) is 0 Å². The number of halogens is 1. The molecule has 2 aromatic heterocycles. The first-order valence-electron chi connectivity index (χ1n) is 10.3. The SMILES string of the molecule is CNC(=O)c1scc(C)c1Nc1nc(Nc2ccc3c(c2)NC(=O)CN(C(C)=O)C3)ncc1Cl. The maximum absolute atomic E-state index is 12.2. The molecule has 1 aromatic carbocycles. The Hall–Kier alpha value is -3.70. The van der Waals surface area contributed by atoms with Gasteiger partial charge >= 0.3 is 0 Å². The Morgan fingerprint density at radius 3 is 2.76 bits per heavy atom. The molecular weight excluding hydrogens is 478 g/mol. The minimum absolute atomic E-state index is 0.00213. The lowest BCUT2D eigenvalue weighted by Crippen LogP contribution is -2.33. The van der Waals surface area contributed by atoms with Gasteiger partial charge in [0, 0.05) is 31.9 Å². The van der Waals surface area contributed by atoms with Crippen LogP contribution in [0.2, 0.25) is 5.02 Å². The van der Waals surface area contributed by atoms with Gasteiger partial charge in [0.15, 0.2) is 5.82 Å². The zero-order chi connectivity index (χ0) is 24.4. The molecule has 1 aliphatic heterocycles. The number of carbonyl (C=O) groups excluding carboxylic acids is 3. The second-order valence-corrected chi connectivity index (χ2v) is 8.92. The van der Waals surface area contributed by atoms with E-state index in [0.29, 0.717) is 34.3 Å². The number of nitrogens with one attached hydrogen (secondary N) is 4.